The van der Waals surface area contributed by atoms with Gasteiger partial charge < -0.3 is 4.89 Å². The predicted molar refractivity (Wildman–Crippen MR) is 54.3 cm³/mol. The highest BCUT2D eigenvalue weighted by Gasteiger charge is 2.32. The topological polar surface area (TPSA) is 20.2 Å². The van der Waals surface area contributed by atoms with E-state index in [1.807, 2.05) is 6.07 Å². The fraction of sp³-hybridized carbons (Fsp3) is 0.400. The molecule has 1 aliphatic rings. The molecule has 1 aromatic rings. The molecule has 12 heavy (non-hydrogen) atoms. The Bertz CT molecular complexity index is 298. The van der Waals surface area contributed by atoms with Crippen LogP contribution in [0.5, 0.6) is 0 Å². The summed E-state index contributed by atoms with van der Waals surface area (Å²) in [6.07, 6.45) is 3.02. The van der Waals surface area contributed by atoms with Crippen molar-refractivity contribution in [3.63, 3.8) is 0 Å². The summed E-state index contributed by atoms with van der Waals surface area (Å²) in [5.41, 5.74) is 1.37. The molecule has 0 spiro atoms. The molecule has 65 valence electrons. The van der Waals surface area contributed by atoms with E-state index in [-0.39, 0.29) is 0 Å². The van der Waals surface area contributed by atoms with E-state index in [0.717, 1.165) is 18.7 Å². The molecule has 1 nitrogen and oxygen atoms in total. The molecule has 1 heterocycles. The Balaban J connectivity index is 2.49. The second kappa shape index (κ2) is 2.83. The normalized spacial score (nSPS) is 27.2. The summed E-state index contributed by atoms with van der Waals surface area (Å²) in [7, 11) is -1.69. The Morgan fingerprint density at radius 2 is 2.17 bits per heavy atom. The van der Waals surface area contributed by atoms with Gasteiger partial charge in [-0.25, -0.2) is 0 Å². The number of aryl methyl sites for hydroxylation is 1. The van der Waals surface area contributed by atoms with E-state index in [4.69, 9.17) is 0 Å². The molecular formula is C10H14OP. The van der Waals surface area contributed by atoms with Crippen LogP contribution in [-0.2, 0) is 6.42 Å². The van der Waals surface area contributed by atoms with Gasteiger partial charge in [0.25, 0.3) is 0 Å². The summed E-state index contributed by atoms with van der Waals surface area (Å²) in [4.78, 5) is 10.3. The first kappa shape index (κ1) is 8.22. The van der Waals surface area contributed by atoms with Gasteiger partial charge in [-0.1, -0.05) is 31.2 Å². The summed E-state index contributed by atoms with van der Waals surface area (Å²) >= 11 is 0. The Morgan fingerprint density at radius 3 is 2.92 bits per heavy atom. The lowest BCUT2D eigenvalue weighted by molar-refractivity contribution is 0.613. The molecule has 1 aliphatic heterocycles. The summed E-state index contributed by atoms with van der Waals surface area (Å²) < 4.78 is 0. The highest BCUT2D eigenvalue weighted by molar-refractivity contribution is 7.78. The molecule has 0 aliphatic carbocycles. The third-order valence-electron chi connectivity index (χ3n) is 2.71. The highest BCUT2D eigenvalue weighted by atomic mass is 31.2. The third-order valence-corrected chi connectivity index (χ3v) is 6.06. The van der Waals surface area contributed by atoms with Crippen molar-refractivity contribution in [1.29, 1.82) is 0 Å². The molecular weight excluding hydrogens is 167 g/mol. The molecule has 1 radical (unpaired) electrons. The van der Waals surface area contributed by atoms with Crippen molar-refractivity contribution in [2.45, 2.75) is 13.3 Å². The average Bonchev–Trinajstić information content (AvgIpc) is 2.46. The van der Waals surface area contributed by atoms with Gasteiger partial charge in [0.15, 0.2) is 0 Å². The van der Waals surface area contributed by atoms with Crippen molar-refractivity contribution in [2.24, 2.45) is 0 Å². The molecule has 0 saturated heterocycles. The van der Waals surface area contributed by atoms with Crippen molar-refractivity contribution in [3.8, 4) is 0 Å². The van der Waals surface area contributed by atoms with Gasteiger partial charge in [0.05, 0.1) is 0 Å². The smallest absolute Gasteiger partial charge is 0.0120 e. The van der Waals surface area contributed by atoms with E-state index in [2.05, 4.69) is 25.1 Å². The molecule has 0 bridgehead atoms. The van der Waals surface area contributed by atoms with E-state index in [0.29, 0.717) is 0 Å². The Kier molecular flexibility index (Phi) is 1.94. The maximum Gasteiger partial charge on any atom is 0.0120 e. The van der Waals surface area contributed by atoms with Crippen LogP contribution in [0.4, 0.5) is 0 Å². The number of rotatable bonds is 1. The van der Waals surface area contributed by atoms with Crippen molar-refractivity contribution >= 4 is 12.8 Å². The van der Waals surface area contributed by atoms with Crippen LogP contribution in [0, 0.1) is 0 Å². The van der Waals surface area contributed by atoms with Gasteiger partial charge in [-0.15, -0.1) is 0 Å². The molecule has 1 atom stereocenters. The lowest BCUT2D eigenvalue weighted by Crippen LogP contribution is -2.10. The average molecular weight is 181 g/mol. The van der Waals surface area contributed by atoms with Crippen molar-refractivity contribution < 1.29 is 4.89 Å². The lowest BCUT2D eigenvalue weighted by atomic mass is 10.2. The lowest BCUT2D eigenvalue weighted by Gasteiger charge is -2.23. The Hall–Kier alpha value is -0.390. The van der Waals surface area contributed by atoms with Crippen LogP contribution in [-0.4, -0.2) is 17.2 Å². The van der Waals surface area contributed by atoms with Crippen LogP contribution in [0.3, 0.4) is 0 Å². The monoisotopic (exact) mass is 181 g/mol. The fourth-order valence-corrected chi connectivity index (χ4v) is 4.48. The van der Waals surface area contributed by atoms with Gasteiger partial charge in [-0.05, 0) is 29.6 Å². The van der Waals surface area contributed by atoms with Gasteiger partial charge in [-0.3, -0.25) is 0 Å². The van der Waals surface area contributed by atoms with E-state index < -0.39 is 7.49 Å². The zero-order valence-corrected chi connectivity index (χ0v) is 8.22. The van der Waals surface area contributed by atoms with Crippen LogP contribution in [0.1, 0.15) is 12.5 Å². The van der Waals surface area contributed by atoms with Crippen LogP contribution in [0.2, 0.25) is 0 Å². The molecule has 1 N–H and O–H groups in total. The van der Waals surface area contributed by atoms with Gasteiger partial charge in [0, 0.05) is 7.49 Å². The van der Waals surface area contributed by atoms with Crippen LogP contribution < -0.4 is 5.30 Å². The first-order valence-electron chi connectivity index (χ1n) is 4.44. The minimum Gasteiger partial charge on any atom is -0.375 e. The van der Waals surface area contributed by atoms with E-state index in [9.17, 15) is 4.89 Å². The van der Waals surface area contributed by atoms with Gasteiger partial charge in [-0.2, -0.15) is 0 Å². The van der Waals surface area contributed by atoms with Crippen molar-refractivity contribution in [2.75, 3.05) is 12.3 Å². The van der Waals surface area contributed by atoms with Crippen molar-refractivity contribution in [1.82, 2.24) is 0 Å². The van der Waals surface area contributed by atoms with Crippen LogP contribution in [0.15, 0.2) is 24.3 Å². The van der Waals surface area contributed by atoms with Gasteiger partial charge in [0.1, 0.15) is 0 Å². The standard InChI is InChI=1S/C10H14OP/c1-2-12(11)8-7-9-5-3-4-6-10(9)12/h3-6,11H,2,7-8H2,1H3. The maximum absolute atomic E-state index is 10.3. The van der Waals surface area contributed by atoms with E-state index in [1.54, 1.807) is 0 Å². The Morgan fingerprint density at radius 1 is 1.42 bits per heavy atom. The molecule has 0 aromatic heterocycles. The molecule has 2 rings (SSSR count). The fourth-order valence-electron chi connectivity index (χ4n) is 1.88. The SMILES string of the molecule is CC[P]1(O)CCc2ccccc21. The molecule has 0 amide bonds. The number of hydrogen-bond donors (Lipinski definition) is 1. The second-order valence-corrected chi connectivity index (χ2v) is 6.75. The molecule has 2 heteroatoms. The third kappa shape index (κ3) is 1.09. The van der Waals surface area contributed by atoms with Gasteiger partial charge in [0.2, 0.25) is 0 Å². The molecule has 1 aromatic carbocycles. The zero-order valence-electron chi connectivity index (χ0n) is 7.33. The zero-order chi connectivity index (χ0) is 8.60. The number of benzene rings is 1. The molecule has 1 unspecified atom stereocenters. The predicted octanol–water partition coefficient (Wildman–Crippen LogP) is 1.81. The maximum atomic E-state index is 10.3. The molecule has 0 fully saturated rings. The summed E-state index contributed by atoms with van der Waals surface area (Å²) in [6.45, 7) is 2.09. The summed E-state index contributed by atoms with van der Waals surface area (Å²) in [5.74, 6) is 0. The van der Waals surface area contributed by atoms with Crippen LogP contribution in [0.25, 0.3) is 0 Å². The van der Waals surface area contributed by atoms with E-state index >= 15 is 0 Å². The largest absolute Gasteiger partial charge is 0.375 e. The van der Waals surface area contributed by atoms with Crippen molar-refractivity contribution in [3.05, 3.63) is 29.8 Å². The second-order valence-electron chi connectivity index (χ2n) is 3.34. The minimum atomic E-state index is -1.69. The first-order valence-corrected chi connectivity index (χ1v) is 6.56. The first-order chi connectivity index (χ1) is 5.76. The van der Waals surface area contributed by atoms with E-state index in [1.165, 1.54) is 10.9 Å². The van der Waals surface area contributed by atoms with Crippen LogP contribution >= 0.6 is 7.49 Å². The Labute approximate surface area is 73.9 Å². The highest BCUT2D eigenvalue weighted by Crippen LogP contribution is 2.57. The summed E-state index contributed by atoms with van der Waals surface area (Å²) in [6, 6.07) is 8.33. The molecule has 0 saturated carbocycles. The summed E-state index contributed by atoms with van der Waals surface area (Å²) in [5, 5.41) is 1.26. The minimum absolute atomic E-state index is 0.935. The number of fused-ring (bicyclic) bond motifs is 1. The number of hydrogen-bond acceptors (Lipinski definition) is 1. The van der Waals surface area contributed by atoms with Gasteiger partial charge >= 0.3 is 0 Å². The quantitative estimate of drug-likeness (QED) is 0.655.